The molecule has 0 spiro atoms. The van der Waals surface area contributed by atoms with E-state index < -0.39 is 41.4 Å². The van der Waals surface area contributed by atoms with Gasteiger partial charge in [0, 0.05) is 6.04 Å². The Morgan fingerprint density at radius 3 is 2.36 bits per heavy atom. The van der Waals surface area contributed by atoms with Crippen LogP contribution in [0.4, 0.5) is 18.9 Å². The van der Waals surface area contributed by atoms with Crippen molar-refractivity contribution in [2.24, 2.45) is 0 Å². The summed E-state index contributed by atoms with van der Waals surface area (Å²) in [6.45, 7) is 0. The third kappa shape index (κ3) is 4.22. The van der Waals surface area contributed by atoms with Crippen LogP contribution in [0, 0.1) is 17.5 Å². The molecule has 22 heavy (non-hydrogen) atoms. The molecule has 2 N–H and O–H groups in total. The fourth-order valence-corrected chi connectivity index (χ4v) is 2.49. The standard InChI is InChI=1S/C15H17F3N2O2/c16-10-6-7-11(15(18)14(10)17)20-13(22)8-12(21)19-9-4-2-1-3-5-9/h6-7,9H,1-5,8H2,(H,19,21)(H,20,22). The molecule has 1 saturated carbocycles. The Hall–Kier alpha value is -2.05. The first-order valence-electron chi connectivity index (χ1n) is 7.20. The van der Waals surface area contributed by atoms with Crippen molar-refractivity contribution in [3.8, 4) is 0 Å². The van der Waals surface area contributed by atoms with Gasteiger partial charge in [-0.1, -0.05) is 19.3 Å². The minimum absolute atomic E-state index is 0.0639. The minimum Gasteiger partial charge on any atom is -0.353 e. The molecule has 0 aromatic heterocycles. The van der Waals surface area contributed by atoms with Crippen molar-refractivity contribution < 1.29 is 22.8 Å². The van der Waals surface area contributed by atoms with Gasteiger partial charge in [-0.3, -0.25) is 9.59 Å². The first-order valence-corrected chi connectivity index (χ1v) is 7.20. The van der Waals surface area contributed by atoms with Crippen LogP contribution >= 0.6 is 0 Å². The van der Waals surface area contributed by atoms with Gasteiger partial charge in [0.1, 0.15) is 6.42 Å². The van der Waals surface area contributed by atoms with Crippen LogP contribution in [0.2, 0.25) is 0 Å². The first kappa shape index (κ1) is 16.3. The molecule has 1 fully saturated rings. The van der Waals surface area contributed by atoms with Gasteiger partial charge in [0.15, 0.2) is 17.5 Å². The Kier molecular flexibility index (Phi) is 5.41. The second-order valence-corrected chi connectivity index (χ2v) is 5.35. The Morgan fingerprint density at radius 1 is 1.00 bits per heavy atom. The fraction of sp³-hybridized carbons (Fsp3) is 0.467. The number of amides is 2. The Bertz CT molecular complexity index is 572. The second kappa shape index (κ2) is 7.29. The zero-order valence-corrected chi connectivity index (χ0v) is 11.9. The lowest BCUT2D eigenvalue weighted by molar-refractivity contribution is -0.127. The van der Waals surface area contributed by atoms with E-state index in [1.165, 1.54) is 0 Å². The van der Waals surface area contributed by atoms with E-state index in [0.29, 0.717) is 6.07 Å². The molecule has 0 bridgehead atoms. The van der Waals surface area contributed by atoms with Gasteiger partial charge < -0.3 is 10.6 Å². The summed E-state index contributed by atoms with van der Waals surface area (Å²) in [6.07, 6.45) is 4.49. The quantitative estimate of drug-likeness (QED) is 0.663. The first-order chi connectivity index (χ1) is 10.5. The van der Waals surface area contributed by atoms with E-state index in [1.54, 1.807) is 0 Å². The SMILES string of the molecule is O=C(CC(=O)NC1CCCCC1)Nc1ccc(F)c(F)c1F. The second-order valence-electron chi connectivity index (χ2n) is 5.35. The van der Waals surface area contributed by atoms with Crippen molar-refractivity contribution >= 4 is 17.5 Å². The molecule has 0 radical (unpaired) electrons. The van der Waals surface area contributed by atoms with Gasteiger partial charge in [-0.05, 0) is 25.0 Å². The maximum atomic E-state index is 13.4. The largest absolute Gasteiger partial charge is 0.353 e. The van der Waals surface area contributed by atoms with Crippen LogP contribution in [0.5, 0.6) is 0 Å². The van der Waals surface area contributed by atoms with Crippen molar-refractivity contribution in [1.82, 2.24) is 5.32 Å². The highest BCUT2D eigenvalue weighted by Gasteiger charge is 2.19. The van der Waals surface area contributed by atoms with Crippen LogP contribution in [0.3, 0.4) is 0 Å². The van der Waals surface area contributed by atoms with Gasteiger partial charge in [0.2, 0.25) is 11.8 Å². The van der Waals surface area contributed by atoms with E-state index in [0.717, 1.165) is 38.2 Å². The van der Waals surface area contributed by atoms with E-state index >= 15 is 0 Å². The van der Waals surface area contributed by atoms with Gasteiger partial charge in [-0.25, -0.2) is 13.2 Å². The number of hydrogen-bond donors (Lipinski definition) is 2. The normalized spacial score (nSPS) is 15.4. The molecule has 1 aliphatic carbocycles. The summed E-state index contributed by atoms with van der Waals surface area (Å²) in [7, 11) is 0. The number of rotatable bonds is 4. The topological polar surface area (TPSA) is 58.2 Å². The fourth-order valence-electron chi connectivity index (χ4n) is 2.49. The van der Waals surface area contributed by atoms with E-state index in [2.05, 4.69) is 10.6 Å². The highest BCUT2D eigenvalue weighted by atomic mass is 19.2. The third-order valence-electron chi connectivity index (χ3n) is 3.60. The Morgan fingerprint density at radius 2 is 1.68 bits per heavy atom. The van der Waals surface area contributed by atoms with E-state index in [9.17, 15) is 22.8 Å². The summed E-state index contributed by atoms with van der Waals surface area (Å²) in [5.74, 6) is -5.73. The van der Waals surface area contributed by atoms with Crippen LogP contribution < -0.4 is 10.6 Å². The number of nitrogens with one attached hydrogen (secondary N) is 2. The van der Waals surface area contributed by atoms with Crippen LogP contribution in [-0.2, 0) is 9.59 Å². The number of hydrogen-bond acceptors (Lipinski definition) is 2. The molecule has 1 aromatic carbocycles. The Balaban J connectivity index is 1.87. The average Bonchev–Trinajstić information content (AvgIpc) is 2.49. The van der Waals surface area contributed by atoms with Gasteiger partial charge >= 0.3 is 0 Å². The van der Waals surface area contributed by atoms with Crippen LogP contribution in [0.15, 0.2) is 12.1 Å². The predicted molar refractivity (Wildman–Crippen MR) is 74.6 cm³/mol. The van der Waals surface area contributed by atoms with Crippen molar-refractivity contribution in [1.29, 1.82) is 0 Å². The molecule has 0 aliphatic heterocycles. The van der Waals surface area contributed by atoms with Gasteiger partial charge in [0.05, 0.1) is 5.69 Å². The molecule has 2 amide bonds. The van der Waals surface area contributed by atoms with Gasteiger partial charge in [-0.15, -0.1) is 0 Å². The smallest absolute Gasteiger partial charge is 0.233 e. The summed E-state index contributed by atoms with van der Waals surface area (Å²) in [5, 5.41) is 4.81. The number of benzene rings is 1. The highest BCUT2D eigenvalue weighted by Crippen LogP contribution is 2.20. The lowest BCUT2D eigenvalue weighted by atomic mass is 9.95. The van der Waals surface area contributed by atoms with Gasteiger partial charge in [-0.2, -0.15) is 0 Å². The summed E-state index contributed by atoms with van der Waals surface area (Å²) in [6, 6.07) is 1.68. The predicted octanol–water partition coefficient (Wildman–Crippen LogP) is 2.88. The number of halogens is 3. The lowest BCUT2D eigenvalue weighted by Gasteiger charge is -2.22. The van der Waals surface area contributed by atoms with E-state index in [-0.39, 0.29) is 6.04 Å². The molecular weight excluding hydrogens is 297 g/mol. The highest BCUT2D eigenvalue weighted by molar-refractivity contribution is 6.03. The molecule has 2 rings (SSSR count). The van der Waals surface area contributed by atoms with Crippen molar-refractivity contribution in [2.45, 2.75) is 44.6 Å². The minimum atomic E-state index is -1.66. The zero-order valence-electron chi connectivity index (χ0n) is 11.9. The molecule has 1 aliphatic rings. The maximum Gasteiger partial charge on any atom is 0.233 e. The lowest BCUT2D eigenvalue weighted by Crippen LogP contribution is -2.37. The zero-order chi connectivity index (χ0) is 16.1. The molecular formula is C15H17F3N2O2. The van der Waals surface area contributed by atoms with Crippen LogP contribution in [-0.4, -0.2) is 17.9 Å². The molecule has 4 nitrogen and oxygen atoms in total. The van der Waals surface area contributed by atoms with Crippen molar-refractivity contribution in [2.75, 3.05) is 5.32 Å². The molecule has 0 saturated heterocycles. The average molecular weight is 314 g/mol. The van der Waals surface area contributed by atoms with E-state index in [1.807, 2.05) is 0 Å². The van der Waals surface area contributed by atoms with E-state index in [4.69, 9.17) is 0 Å². The Labute approximate surface area is 126 Å². The summed E-state index contributed by atoms with van der Waals surface area (Å²) in [4.78, 5) is 23.4. The molecule has 1 aromatic rings. The molecule has 0 heterocycles. The molecule has 0 atom stereocenters. The number of anilines is 1. The van der Waals surface area contributed by atoms with Gasteiger partial charge in [0.25, 0.3) is 0 Å². The number of carbonyl (C=O) groups is 2. The summed E-state index contributed by atoms with van der Waals surface area (Å²) >= 11 is 0. The summed E-state index contributed by atoms with van der Waals surface area (Å²) < 4.78 is 39.2. The number of carbonyl (C=O) groups excluding carboxylic acids is 2. The molecule has 120 valence electrons. The third-order valence-corrected chi connectivity index (χ3v) is 3.60. The monoisotopic (exact) mass is 314 g/mol. The molecule has 0 unspecified atom stereocenters. The van der Waals surface area contributed by atoms with Crippen molar-refractivity contribution in [3.63, 3.8) is 0 Å². The maximum absolute atomic E-state index is 13.4. The van der Waals surface area contributed by atoms with Crippen LogP contribution in [0.1, 0.15) is 38.5 Å². The summed E-state index contributed by atoms with van der Waals surface area (Å²) in [5.41, 5.74) is -0.491. The molecule has 7 heteroatoms. The van der Waals surface area contributed by atoms with Crippen LogP contribution in [0.25, 0.3) is 0 Å². The van der Waals surface area contributed by atoms with Crippen molar-refractivity contribution in [3.05, 3.63) is 29.6 Å².